The lowest BCUT2D eigenvalue weighted by atomic mass is 10.2. The number of amides is 1. The minimum atomic E-state index is -3.50. The van der Waals surface area contributed by atoms with E-state index in [-0.39, 0.29) is 10.9 Å². The number of nitrogens with zero attached hydrogens (tertiary/aromatic N) is 2. The molecular weight excluding hydrogens is 390 g/mol. The highest BCUT2D eigenvalue weighted by Crippen LogP contribution is 2.22. The first-order chi connectivity index (χ1) is 14.0. The average Bonchev–Trinajstić information content (AvgIpc) is 3.56. The summed E-state index contributed by atoms with van der Waals surface area (Å²) < 4.78 is 26.9. The van der Waals surface area contributed by atoms with Crippen LogP contribution in [0, 0.1) is 0 Å². The van der Waals surface area contributed by atoms with Crippen LogP contribution in [0.5, 0.6) is 0 Å². The molecule has 1 amide bonds. The van der Waals surface area contributed by atoms with Gasteiger partial charge in [0.25, 0.3) is 5.91 Å². The molecule has 148 valence electrons. The molecule has 1 aliphatic rings. The summed E-state index contributed by atoms with van der Waals surface area (Å²) in [6.45, 7) is 0. The maximum Gasteiger partial charge on any atom is 0.272 e. The highest BCUT2D eigenvalue weighted by Gasteiger charge is 2.27. The Morgan fingerprint density at radius 2 is 1.59 bits per heavy atom. The maximum absolute atomic E-state index is 12.3. The van der Waals surface area contributed by atoms with Crippen LogP contribution in [0.1, 0.15) is 23.2 Å². The third-order valence-corrected chi connectivity index (χ3v) is 5.87. The first kappa shape index (κ1) is 19.0. The Morgan fingerprint density at radius 3 is 2.21 bits per heavy atom. The standard InChI is InChI=1S/C20H19N5O3S/c26-20(15-12-21-19(22-13-15)14-4-2-1-3-5-14)24-23-16-8-10-18(11-9-16)29(27,28)25-17-6-7-17/h1-5,8-13,17,23,25H,6-7H2,(H,24,26). The average molecular weight is 409 g/mol. The number of carbonyl (C=O) groups is 1. The molecule has 2 aromatic carbocycles. The summed E-state index contributed by atoms with van der Waals surface area (Å²) in [6.07, 6.45) is 4.65. The molecule has 1 heterocycles. The van der Waals surface area contributed by atoms with Crippen LogP contribution in [0.4, 0.5) is 5.69 Å². The lowest BCUT2D eigenvalue weighted by Gasteiger charge is -2.10. The molecule has 9 heteroatoms. The topological polar surface area (TPSA) is 113 Å². The van der Waals surface area contributed by atoms with E-state index in [4.69, 9.17) is 0 Å². The maximum atomic E-state index is 12.3. The molecule has 1 fully saturated rings. The predicted octanol–water partition coefficient (Wildman–Crippen LogP) is 2.34. The fourth-order valence-electron chi connectivity index (χ4n) is 2.59. The highest BCUT2D eigenvalue weighted by atomic mass is 32.2. The number of carbonyl (C=O) groups excluding carboxylic acids is 1. The Labute approximate surface area is 168 Å². The van der Waals surface area contributed by atoms with E-state index in [0.29, 0.717) is 17.1 Å². The Balaban J connectivity index is 1.35. The summed E-state index contributed by atoms with van der Waals surface area (Å²) in [5.74, 6) is 0.128. The van der Waals surface area contributed by atoms with E-state index >= 15 is 0 Å². The molecule has 0 saturated heterocycles. The number of benzene rings is 2. The molecule has 0 unspecified atom stereocenters. The van der Waals surface area contributed by atoms with E-state index in [1.807, 2.05) is 30.3 Å². The van der Waals surface area contributed by atoms with Gasteiger partial charge in [-0.1, -0.05) is 30.3 Å². The summed E-state index contributed by atoms with van der Waals surface area (Å²) in [6, 6.07) is 15.6. The van der Waals surface area contributed by atoms with Crippen molar-refractivity contribution >= 4 is 21.6 Å². The van der Waals surface area contributed by atoms with Crippen molar-refractivity contribution in [2.45, 2.75) is 23.8 Å². The van der Waals surface area contributed by atoms with Crippen LogP contribution < -0.4 is 15.6 Å². The van der Waals surface area contributed by atoms with E-state index in [1.165, 1.54) is 24.5 Å². The minimum Gasteiger partial charge on any atom is -0.298 e. The Hall–Kier alpha value is -3.30. The molecule has 0 aliphatic heterocycles. The smallest absolute Gasteiger partial charge is 0.272 e. The molecule has 0 atom stereocenters. The van der Waals surface area contributed by atoms with Crippen molar-refractivity contribution in [1.29, 1.82) is 0 Å². The third-order valence-electron chi connectivity index (χ3n) is 4.33. The number of rotatable bonds is 7. The van der Waals surface area contributed by atoms with E-state index in [2.05, 4.69) is 25.5 Å². The van der Waals surface area contributed by atoms with Gasteiger partial charge in [0.1, 0.15) is 0 Å². The van der Waals surface area contributed by atoms with Crippen LogP contribution in [-0.2, 0) is 10.0 Å². The Kier molecular flexibility index (Phi) is 5.24. The van der Waals surface area contributed by atoms with Crippen LogP contribution in [0.2, 0.25) is 0 Å². The molecular formula is C20H19N5O3S. The van der Waals surface area contributed by atoms with Gasteiger partial charge >= 0.3 is 0 Å². The molecule has 3 aromatic rings. The zero-order valence-electron chi connectivity index (χ0n) is 15.4. The van der Waals surface area contributed by atoms with Crippen molar-refractivity contribution in [2.75, 3.05) is 5.43 Å². The van der Waals surface area contributed by atoms with Crippen LogP contribution >= 0.6 is 0 Å². The second kappa shape index (κ2) is 7.98. The quantitative estimate of drug-likeness (QED) is 0.516. The lowest BCUT2D eigenvalue weighted by molar-refractivity contribution is 0.0962. The molecule has 4 rings (SSSR count). The Bertz CT molecular complexity index is 1100. The van der Waals surface area contributed by atoms with Gasteiger partial charge in [-0.2, -0.15) is 0 Å². The molecule has 0 radical (unpaired) electrons. The number of hydrogen-bond acceptors (Lipinski definition) is 6. The van der Waals surface area contributed by atoms with Crippen LogP contribution in [0.25, 0.3) is 11.4 Å². The van der Waals surface area contributed by atoms with Gasteiger partial charge in [0.2, 0.25) is 10.0 Å². The van der Waals surface area contributed by atoms with E-state index in [9.17, 15) is 13.2 Å². The summed E-state index contributed by atoms with van der Waals surface area (Å²) in [4.78, 5) is 20.9. The molecule has 1 aliphatic carbocycles. The van der Waals surface area contributed by atoms with Crippen LogP contribution in [0.15, 0.2) is 71.9 Å². The number of sulfonamides is 1. The first-order valence-electron chi connectivity index (χ1n) is 9.07. The van der Waals surface area contributed by atoms with Gasteiger partial charge in [-0.05, 0) is 37.1 Å². The molecule has 1 aromatic heterocycles. The minimum absolute atomic E-state index is 0.0487. The van der Waals surface area contributed by atoms with Gasteiger partial charge in [0, 0.05) is 24.0 Å². The van der Waals surface area contributed by atoms with Gasteiger partial charge in [-0.25, -0.2) is 23.1 Å². The van der Waals surface area contributed by atoms with Crippen molar-refractivity contribution in [1.82, 2.24) is 20.1 Å². The largest absolute Gasteiger partial charge is 0.298 e. The highest BCUT2D eigenvalue weighted by molar-refractivity contribution is 7.89. The fraction of sp³-hybridized carbons (Fsp3) is 0.150. The first-order valence-corrected chi connectivity index (χ1v) is 10.6. The number of anilines is 1. The summed E-state index contributed by atoms with van der Waals surface area (Å²) in [7, 11) is -3.50. The van der Waals surface area contributed by atoms with Crippen LogP contribution in [-0.4, -0.2) is 30.3 Å². The number of hydrogen-bond donors (Lipinski definition) is 3. The van der Waals surface area contributed by atoms with Crippen molar-refractivity contribution in [3.63, 3.8) is 0 Å². The Morgan fingerprint density at radius 1 is 0.931 bits per heavy atom. The zero-order chi connectivity index (χ0) is 20.3. The van der Waals surface area contributed by atoms with Gasteiger partial charge < -0.3 is 0 Å². The molecule has 0 bridgehead atoms. The van der Waals surface area contributed by atoms with Crippen molar-refractivity contribution < 1.29 is 13.2 Å². The predicted molar refractivity (Wildman–Crippen MR) is 108 cm³/mol. The van der Waals surface area contributed by atoms with Crippen LogP contribution in [0.3, 0.4) is 0 Å². The number of nitrogens with one attached hydrogen (secondary N) is 3. The second-order valence-corrected chi connectivity index (χ2v) is 8.37. The summed E-state index contributed by atoms with van der Waals surface area (Å²) in [5, 5.41) is 0. The van der Waals surface area contributed by atoms with Crippen molar-refractivity contribution in [3.8, 4) is 11.4 Å². The summed E-state index contributed by atoms with van der Waals surface area (Å²) >= 11 is 0. The molecule has 3 N–H and O–H groups in total. The van der Waals surface area contributed by atoms with Gasteiger partial charge in [-0.15, -0.1) is 0 Å². The van der Waals surface area contributed by atoms with E-state index < -0.39 is 15.9 Å². The molecule has 8 nitrogen and oxygen atoms in total. The zero-order valence-corrected chi connectivity index (χ0v) is 16.2. The van der Waals surface area contributed by atoms with Crippen molar-refractivity contribution in [2.24, 2.45) is 0 Å². The normalized spacial score (nSPS) is 13.7. The lowest BCUT2D eigenvalue weighted by Crippen LogP contribution is -2.29. The van der Waals surface area contributed by atoms with Gasteiger partial charge in [0.15, 0.2) is 5.82 Å². The summed E-state index contributed by atoms with van der Waals surface area (Å²) in [5.41, 5.74) is 7.00. The SMILES string of the molecule is O=C(NNc1ccc(S(=O)(=O)NC2CC2)cc1)c1cnc(-c2ccccc2)nc1. The number of hydrazine groups is 1. The van der Waals surface area contributed by atoms with Gasteiger partial charge in [0.05, 0.1) is 16.1 Å². The molecule has 0 spiro atoms. The second-order valence-electron chi connectivity index (χ2n) is 6.66. The monoisotopic (exact) mass is 409 g/mol. The van der Waals surface area contributed by atoms with Crippen molar-refractivity contribution in [3.05, 3.63) is 72.6 Å². The van der Waals surface area contributed by atoms with E-state index in [0.717, 1.165) is 18.4 Å². The fourth-order valence-corrected chi connectivity index (χ4v) is 3.89. The van der Waals surface area contributed by atoms with Gasteiger partial charge in [-0.3, -0.25) is 15.6 Å². The van der Waals surface area contributed by atoms with E-state index in [1.54, 1.807) is 12.1 Å². The molecule has 29 heavy (non-hydrogen) atoms. The number of aromatic nitrogens is 2. The molecule has 1 saturated carbocycles. The third kappa shape index (κ3) is 4.76.